The van der Waals surface area contributed by atoms with Crippen LogP contribution in [-0.2, 0) is 13.2 Å². The maximum Gasteiger partial charge on any atom is 0.141 e. The van der Waals surface area contributed by atoms with E-state index in [4.69, 9.17) is 0 Å². The number of nitrogens with zero attached hydrogens (tertiary/aromatic N) is 3. The normalized spacial score (nSPS) is 12.6. The van der Waals surface area contributed by atoms with Crippen LogP contribution < -0.4 is 0 Å². The Morgan fingerprint density at radius 2 is 2.09 bits per heavy atom. The summed E-state index contributed by atoms with van der Waals surface area (Å²) in [6.07, 6.45) is 6.19. The van der Waals surface area contributed by atoms with Crippen molar-refractivity contribution in [3.63, 3.8) is 0 Å². The van der Waals surface area contributed by atoms with Crippen LogP contribution in [0, 0.1) is 6.92 Å². The molecule has 118 valence electrons. The van der Waals surface area contributed by atoms with Crippen molar-refractivity contribution in [2.24, 2.45) is 0 Å². The van der Waals surface area contributed by atoms with E-state index in [-0.39, 0.29) is 18.4 Å². The van der Waals surface area contributed by atoms with E-state index >= 15 is 0 Å². The molecule has 1 atom stereocenters. The summed E-state index contributed by atoms with van der Waals surface area (Å²) >= 11 is 0. The molecule has 0 aliphatic rings. The molecule has 0 saturated heterocycles. The maximum absolute atomic E-state index is 10.3. The second-order valence-corrected chi connectivity index (χ2v) is 5.48. The van der Waals surface area contributed by atoms with Crippen molar-refractivity contribution >= 4 is 0 Å². The van der Waals surface area contributed by atoms with Crippen LogP contribution in [0.15, 0.2) is 30.7 Å². The summed E-state index contributed by atoms with van der Waals surface area (Å²) in [6.45, 7) is 4.30. The third-order valence-corrected chi connectivity index (χ3v) is 4.00. The minimum atomic E-state index is -0.131. The van der Waals surface area contributed by atoms with Gasteiger partial charge >= 0.3 is 0 Å². The van der Waals surface area contributed by atoms with Crippen LogP contribution in [0.4, 0.5) is 0 Å². The first-order chi connectivity index (χ1) is 10.6. The van der Waals surface area contributed by atoms with Gasteiger partial charge in [-0.2, -0.15) is 0 Å². The lowest BCUT2D eigenvalue weighted by Gasteiger charge is -2.28. The third kappa shape index (κ3) is 3.43. The van der Waals surface area contributed by atoms with Gasteiger partial charge in [-0.05, 0) is 32.0 Å². The number of aryl methyl sites for hydroxylation is 1. The fourth-order valence-corrected chi connectivity index (χ4v) is 2.73. The molecule has 22 heavy (non-hydrogen) atoms. The monoisotopic (exact) mass is 301 g/mol. The quantitative estimate of drug-likeness (QED) is 0.858. The van der Waals surface area contributed by atoms with Gasteiger partial charge < -0.3 is 10.2 Å². The SMILES string of the molecule is CC[C@@H](c1cccnc1)N(C)Cc1c(CO)cnc(C)c1O. The van der Waals surface area contributed by atoms with Crippen molar-refractivity contribution in [3.05, 3.63) is 53.1 Å². The van der Waals surface area contributed by atoms with Crippen LogP contribution in [0.25, 0.3) is 0 Å². The molecule has 0 saturated carbocycles. The molecule has 5 nitrogen and oxygen atoms in total. The van der Waals surface area contributed by atoms with E-state index in [0.717, 1.165) is 17.5 Å². The maximum atomic E-state index is 10.3. The van der Waals surface area contributed by atoms with Crippen LogP contribution in [0.2, 0.25) is 0 Å². The molecule has 0 fully saturated rings. The molecule has 2 N–H and O–H groups in total. The average molecular weight is 301 g/mol. The second-order valence-electron chi connectivity index (χ2n) is 5.48. The molecule has 0 aromatic carbocycles. The molecule has 0 unspecified atom stereocenters. The highest BCUT2D eigenvalue weighted by atomic mass is 16.3. The number of pyridine rings is 2. The van der Waals surface area contributed by atoms with Gasteiger partial charge in [0.25, 0.3) is 0 Å². The summed E-state index contributed by atoms with van der Waals surface area (Å²) in [4.78, 5) is 10.4. The first-order valence-corrected chi connectivity index (χ1v) is 7.45. The molecule has 0 aliphatic heterocycles. The van der Waals surface area contributed by atoms with Gasteiger partial charge in [0, 0.05) is 42.3 Å². The minimum Gasteiger partial charge on any atom is -0.506 e. The molecule has 2 rings (SSSR count). The Labute approximate surface area is 131 Å². The number of hydrogen-bond donors (Lipinski definition) is 2. The summed E-state index contributed by atoms with van der Waals surface area (Å²) in [5.41, 5.74) is 3.12. The number of rotatable bonds is 6. The Hall–Kier alpha value is -1.98. The molecule has 0 spiro atoms. The zero-order chi connectivity index (χ0) is 16.1. The van der Waals surface area contributed by atoms with Crippen LogP contribution >= 0.6 is 0 Å². The smallest absolute Gasteiger partial charge is 0.141 e. The molecule has 0 amide bonds. The van der Waals surface area contributed by atoms with E-state index in [1.165, 1.54) is 0 Å². The number of aliphatic hydroxyl groups is 1. The van der Waals surface area contributed by atoms with E-state index in [1.807, 2.05) is 19.3 Å². The lowest BCUT2D eigenvalue weighted by Crippen LogP contribution is -2.24. The lowest BCUT2D eigenvalue weighted by atomic mass is 10.0. The molecule has 0 bridgehead atoms. The highest BCUT2D eigenvalue weighted by molar-refractivity contribution is 5.40. The van der Waals surface area contributed by atoms with Crippen molar-refractivity contribution < 1.29 is 10.2 Å². The molecule has 2 aromatic rings. The van der Waals surface area contributed by atoms with Gasteiger partial charge in [-0.1, -0.05) is 13.0 Å². The summed E-state index contributed by atoms with van der Waals surface area (Å²) in [7, 11) is 2.01. The van der Waals surface area contributed by atoms with Gasteiger partial charge in [0.05, 0.1) is 12.3 Å². The van der Waals surface area contributed by atoms with E-state index in [1.54, 1.807) is 19.3 Å². The molecule has 2 heterocycles. The number of aromatic nitrogens is 2. The lowest BCUT2D eigenvalue weighted by molar-refractivity contribution is 0.222. The van der Waals surface area contributed by atoms with E-state index in [9.17, 15) is 10.2 Å². The standard InChI is InChI=1S/C17H23N3O2/c1-4-16(13-6-5-7-18-8-13)20(3)10-15-14(11-21)9-19-12(2)17(15)22/h5-9,16,21-22H,4,10-11H2,1-3H3/t16-/m0/s1. The van der Waals surface area contributed by atoms with Gasteiger partial charge in [-0.3, -0.25) is 14.9 Å². The van der Waals surface area contributed by atoms with Crippen molar-refractivity contribution in [1.82, 2.24) is 14.9 Å². The summed E-state index contributed by atoms with van der Waals surface area (Å²) < 4.78 is 0. The van der Waals surface area contributed by atoms with Crippen molar-refractivity contribution in [2.45, 2.75) is 39.5 Å². The largest absolute Gasteiger partial charge is 0.506 e. The van der Waals surface area contributed by atoms with E-state index < -0.39 is 0 Å². The molecular weight excluding hydrogens is 278 g/mol. The molecule has 2 aromatic heterocycles. The Bertz CT molecular complexity index is 617. The van der Waals surface area contributed by atoms with E-state index in [2.05, 4.69) is 27.9 Å². The molecule has 0 radical (unpaired) electrons. The van der Waals surface area contributed by atoms with Crippen molar-refractivity contribution in [2.75, 3.05) is 7.05 Å². The Balaban J connectivity index is 2.28. The van der Waals surface area contributed by atoms with Crippen LogP contribution in [0.1, 0.15) is 41.8 Å². The van der Waals surface area contributed by atoms with Gasteiger partial charge in [0.2, 0.25) is 0 Å². The highest BCUT2D eigenvalue weighted by Gasteiger charge is 2.19. The zero-order valence-corrected chi connectivity index (χ0v) is 13.3. The third-order valence-electron chi connectivity index (χ3n) is 4.00. The van der Waals surface area contributed by atoms with E-state index in [0.29, 0.717) is 17.8 Å². The predicted molar refractivity (Wildman–Crippen MR) is 85.3 cm³/mol. The number of hydrogen-bond acceptors (Lipinski definition) is 5. The Morgan fingerprint density at radius 1 is 1.32 bits per heavy atom. The van der Waals surface area contributed by atoms with Gasteiger partial charge in [-0.25, -0.2) is 0 Å². The van der Waals surface area contributed by atoms with Crippen LogP contribution in [0.3, 0.4) is 0 Å². The van der Waals surface area contributed by atoms with Gasteiger partial charge in [0.15, 0.2) is 0 Å². The number of aliphatic hydroxyl groups excluding tert-OH is 1. The number of aromatic hydroxyl groups is 1. The van der Waals surface area contributed by atoms with Crippen molar-refractivity contribution in [1.29, 1.82) is 0 Å². The Kier molecular flexibility index (Phi) is 5.46. The topological polar surface area (TPSA) is 69.5 Å². The summed E-state index contributed by atoms with van der Waals surface area (Å²) in [5.74, 6) is 0.166. The first kappa shape index (κ1) is 16.4. The fourth-order valence-electron chi connectivity index (χ4n) is 2.73. The van der Waals surface area contributed by atoms with Crippen molar-refractivity contribution in [3.8, 4) is 5.75 Å². The predicted octanol–water partition coefficient (Wildman–Crippen LogP) is 2.57. The first-order valence-electron chi connectivity index (χ1n) is 7.45. The highest BCUT2D eigenvalue weighted by Crippen LogP contribution is 2.29. The van der Waals surface area contributed by atoms with Gasteiger partial charge in [0.1, 0.15) is 5.75 Å². The minimum absolute atomic E-state index is 0.131. The fraction of sp³-hybridized carbons (Fsp3) is 0.412. The van der Waals surface area contributed by atoms with Crippen LogP contribution in [-0.4, -0.2) is 32.1 Å². The average Bonchev–Trinajstić information content (AvgIpc) is 2.54. The summed E-state index contributed by atoms with van der Waals surface area (Å²) in [6, 6.07) is 4.19. The molecule has 5 heteroatoms. The molecular formula is C17H23N3O2. The van der Waals surface area contributed by atoms with Gasteiger partial charge in [-0.15, -0.1) is 0 Å². The molecule has 0 aliphatic carbocycles. The second kappa shape index (κ2) is 7.33. The Morgan fingerprint density at radius 3 is 2.68 bits per heavy atom. The van der Waals surface area contributed by atoms with Crippen LogP contribution in [0.5, 0.6) is 5.75 Å². The zero-order valence-electron chi connectivity index (χ0n) is 13.3. The summed E-state index contributed by atoms with van der Waals surface area (Å²) in [5, 5.41) is 19.8.